The molecule has 24 heavy (non-hydrogen) atoms. The Labute approximate surface area is 142 Å². The minimum absolute atomic E-state index is 0.0320. The first-order chi connectivity index (χ1) is 11.5. The molecule has 0 aromatic heterocycles. The van der Waals surface area contributed by atoms with Gasteiger partial charge in [0, 0.05) is 6.54 Å². The number of carbonyl (C=O) groups is 3. The van der Waals surface area contributed by atoms with Crippen LogP contribution in [0.3, 0.4) is 0 Å². The van der Waals surface area contributed by atoms with Gasteiger partial charge in [-0.3, -0.25) is 19.3 Å². The second-order valence-corrected chi connectivity index (χ2v) is 6.82. The van der Waals surface area contributed by atoms with Crippen molar-refractivity contribution >= 4 is 17.8 Å². The first kappa shape index (κ1) is 16.7. The van der Waals surface area contributed by atoms with Crippen molar-refractivity contribution < 1.29 is 19.1 Å². The van der Waals surface area contributed by atoms with Crippen LogP contribution < -0.4 is 4.74 Å². The lowest BCUT2D eigenvalue weighted by Crippen LogP contribution is -2.33. The highest BCUT2D eigenvalue weighted by Gasteiger charge is 2.47. The first-order valence-corrected chi connectivity index (χ1v) is 8.60. The van der Waals surface area contributed by atoms with E-state index in [0.29, 0.717) is 5.75 Å². The van der Waals surface area contributed by atoms with Crippen LogP contribution in [0.5, 0.6) is 5.75 Å². The van der Waals surface area contributed by atoms with Gasteiger partial charge in [-0.15, -0.1) is 0 Å². The highest BCUT2D eigenvalue weighted by atomic mass is 16.5. The van der Waals surface area contributed by atoms with Crippen molar-refractivity contribution in [3.05, 3.63) is 29.3 Å². The third kappa shape index (κ3) is 3.21. The van der Waals surface area contributed by atoms with E-state index in [-0.39, 0.29) is 36.6 Å². The molecule has 0 radical (unpaired) electrons. The smallest absolute Gasteiger partial charge is 0.313 e. The van der Waals surface area contributed by atoms with Crippen LogP contribution in [-0.4, -0.2) is 29.2 Å². The number of imide groups is 1. The van der Waals surface area contributed by atoms with Gasteiger partial charge in [-0.05, 0) is 38.3 Å². The summed E-state index contributed by atoms with van der Waals surface area (Å²) in [4.78, 5) is 38.1. The summed E-state index contributed by atoms with van der Waals surface area (Å²) in [6.07, 6.45) is 3.62. The van der Waals surface area contributed by atoms with Gasteiger partial charge in [-0.2, -0.15) is 0 Å². The molecule has 2 unspecified atom stereocenters. The molecule has 1 aromatic rings. The summed E-state index contributed by atoms with van der Waals surface area (Å²) in [5.74, 6) is -0.438. The molecule has 0 N–H and O–H groups in total. The van der Waals surface area contributed by atoms with E-state index >= 15 is 0 Å². The lowest BCUT2D eigenvalue weighted by atomic mass is 9.81. The second-order valence-electron chi connectivity index (χ2n) is 6.82. The number of rotatable bonds is 4. The summed E-state index contributed by atoms with van der Waals surface area (Å²) in [6, 6.07) is 5.60. The minimum Gasteiger partial charge on any atom is -0.426 e. The Morgan fingerprint density at radius 2 is 1.75 bits per heavy atom. The molecule has 3 rings (SSSR count). The molecule has 2 atom stereocenters. The third-order valence-electron chi connectivity index (χ3n) is 5.03. The van der Waals surface area contributed by atoms with E-state index in [2.05, 4.69) is 0 Å². The molecule has 0 spiro atoms. The van der Waals surface area contributed by atoms with Crippen molar-refractivity contribution in [2.24, 2.45) is 11.8 Å². The molecule has 1 aliphatic heterocycles. The number of amides is 2. The van der Waals surface area contributed by atoms with Crippen LogP contribution >= 0.6 is 0 Å². The number of hydrogen-bond acceptors (Lipinski definition) is 4. The fourth-order valence-corrected chi connectivity index (χ4v) is 3.74. The van der Waals surface area contributed by atoms with Crippen LogP contribution in [-0.2, 0) is 14.4 Å². The molecule has 2 aliphatic rings. The zero-order valence-corrected chi connectivity index (χ0v) is 14.2. The SMILES string of the molecule is Cc1ccc(OC(=O)CCN2C(=O)C3CCCCC3C2=O)c(C)c1. The number of fused-ring (bicyclic) bond motifs is 1. The standard InChI is InChI=1S/C19H23NO4/c1-12-7-8-16(13(2)11-12)24-17(21)9-10-20-18(22)14-5-3-4-6-15(14)19(20)23/h7-8,11,14-15H,3-6,9-10H2,1-2H3. The normalized spacial score (nSPS) is 23.3. The molecule has 2 amide bonds. The van der Waals surface area contributed by atoms with E-state index in [1.807, 2.05) is 26.0 Å². The summed E-state index contributed by atoms with van der Waals surface area (Å²) >= 11 is 0. The van der Waals surface area contributed by atoms with Gasteiger partial charge in [-0.1, -0.05) is 30.5 Å². The van der Waals surface area contributed by atoms with Crippen molar-refractivity contribution in [3.8, 4) is 5.75 Å². The Kier molecular flexibility index (Phi) is 4.69. The summed E-state index contributed by atoms with van der Waals surface area (Å²) in [5, 5.41) is 0. The molecule has 1 aliphatic carbocycles. The average molecular weight is 329 g/mol. The predicted molar refractivity (Wildman–Crippen MR) is 88.3 cm³/mol. The second kappa shape index (κ2) is 6.75. The van der Waals surface area contributed by atoms with E-state index in [1.165, 1.54) is 4.90 Å². The summed E-state index contributed by atoms with van der Waals surface area (Å²) in [7, 11) is 0. The minimum atomic E-state index is -0.419. The zero-order valence-electron chi connectivity index (χ0n) is 14.2. The predicted octanol–water partition coefficient (Wildman–Crippen LogP) is 2.77. The summed E-state index contributed by atoms with van der Waals surface area (Å²) < 4.78 is 5.36. The fourth-order valence-electron chi connectivity index (χ4n) is 3.74. The number of aryl methyl sites for hydroxylation is 2. The lowest BCUT2D eigenvalue weighted by molar-refractivity contribution is -0.141. The molecular formula is C19H23NO4. The Morgan fingerprint density at radius 3 is 2.33 bits per heavy atom. The number of hydrogen-bond donors (Lipinski definition) is 0. The summed E-state index contributed by atoms with van der Waals surface area (Å²) in [6.45, 7) is 3.98. The third-order valence-corrected chi connectivity index (χ3v) is 5.03. The van der Waals surface area contributed by atoms with Crippen molar-refractivity contribution in [2.75, 3.05) is 6.54 Å². The Morgan fingerprint density at radius 1 is 1.12 bits per heavy atom. The maximum Gasteiger partial charge on any atom is 0.313 e. The number of esters is 1. The van der Waals surface area contributed by atoms with Gasteiger partial charge < -0.3 is 4.74 Å². The van der Waals surface area contributed by atoms with E-state index in [1.54, 1.807) is 6.07 Å². The van der Waals surface area contributed by atoms with E-state index in [9.17, 15) is 14.4 Å². The molecule has 2 fully saturated rings. The van der Waals surface area contributed by atoms with Gasteiger partial charge >= 0.3 is 5.97 Å². The molecule has 128 valence electrons. The van der Waals surface area contributed by atoms with Crippen LogP contribution in [0.25, 0.3) is 0 Å². The maximum absolute atomic E-state index is 12.4. The molecule has 1 aromatic carbocycles. The van der Waals surface area contributed by atoms with Crippen molar-refractivity contribution in [3.63, 3.8) is 0 Å². The van der Waals surface area contributed by atoms with Gasteiger partial charge in [-0.25, -0.2) is 0 Å². The Hall–Kier alpha value is -2.17. The lowest BCUT2D eigenvalue weighted by Gasteiger charge is -2.19. The van der Waals surface area contributed by atoms with Crippen molar-refractivity contribution in [1.82, 2.24) is 4.90 Å². The van der Waals surface area contributed by atoms with Crippen molar-refractivity contribution in [1.29, 1.82) is 0 Å². The molecule has 1 saturated carbocycles. The molecule has 1 heterocycles. The van der Waals surface area contributed by atoms with Crippen LogP contribution in [0, 0.1) is 25.7 Å². The van der Waals surface area contributed by atoms with E-state index < -0.39 is 5.97 Å². The quantitative estimate of drug-likeness (QED) is 0.484. The fraction of sp³-hybridized carbons (Fsp3) is 0.526. The molecule has 1 saturated heterocycles. The van der Waals surface area contributed by atoms with E-state index in [0.717, 1.165) is 36.8 Å². The van der Waals surface area contributed by atoms with Crippen molar-refractivity contribution in [2.45, 2.75) is 46.0 Å². The molecular weight excluding hydrogens is 306 g/mol. The molecule has 5 heteroatoms. The first-order valence-electron chi connectivity index (χ1n) is 8.60. The van der Waals surface area contributed by atoms with Gasteiger partial charge in [0.05, 0.1) is 18.3 Å². The Balaban J connectivity index is 1.58. The van der Waals surface area contributed by atoms with E-state index in [4.69, 9.17) is 4.74 Å². The van der Waals surface area contributed by atoms with Crippen LogP contribution in [0.2, 0.25) is 0 Å². The van der Waals surface area contributed by atoms with Gasteiger partial charge in [0.1, 0.15) is 5.75 Å². The number of benzene rings is 1. The van der Waals surface area contributed by atoms with Gasteiger partial charge in [0.15, 0.2) is 0 Å². The van der Waals surface area contributed by atoms with Crippen LogP contribution in [0.15, 0.2) is 18.2 Å². The monoisotopic (exact) mass is 329 g/mol. The number of ether oxygens (including phenoxy) is 1. The Bertz CT molecular complexity index is 658. The van der Waals surface area contributed by atoms with Gasteiger partial charge in [0.25, 0.3) is 0 Å². The number of likely N-dealkylation sites (tertiary alicyclic amines) is 1. The zero-order chi connectivity index (χ0) is 17.3. The molecule has 5 nitrogen and oxygen atoms in total. The van der Waals surface area contributed by atoms with Gasteiger partial charge in [0.2, 0.25) is 11.8 Å². The molecule has 0 bridgehead atoms. The number of carbonyl (C=O) groups excluding carboxylic acids is 3. The number of nitrogens with zero attached hydrogens (tertiary/aromatic N) is 1. The highest BCUT2D eigenvalue weighted by Crippen LogP contribution is 2.38. The topological polar surface area (TPSA) is 63.7 Å². The maximum atomic E-state index is 12.4. The average Bonchev–Trinajstić information content (AvgIpc) is 2.80. The highest BCUT2D eigenvalue weighted by molar-refractivity contribution is 6.05. The van der Waals surface area contributed by atoms with Crippen LogP contribution in [0.4, 0.5) is 0 Å². The summed E-state index contributed by atoms with van der Waals surface area (Å²) in [5.41, 5.74) is 1.99. The van der Waals surface area contributed by atoms with Crippen LogP contribution in [0.1, 0.15) is 43.2 Å². The largest absolute Gasteiger partial charge is 0.426 e.